The van der Waals surface area contributed by atoms with E-state index in [9.17, 15) is 0 Å². The van der Waals surface area contributed by atoms with Gasteiger partial charge in [0, 0.05) is 44.6 Å². The standard InChI is InChI=1S/C16H22N6/c1-2-13-9-12(1)10-14(13)20-5-7-21(8-6-20)15-16-19-18-11-22(16)4-3-17-15/h3-4,11-14H,1-2,5-10H2/t12-,13-,14-/m0/s1. The van der Waals surface area contributed by atoms with Gasteiger partial charge in [-0.15, -0.1) is 10.2 Å². The molecule has 3 aliphatic rings. The third-order valence-corrected chi connectivity index (χ3v) is 5.98. The van der Waals surface area contributed by atoms with Crippen LogP contribution in [-0.4, -0.2) is 56.7 Å². The maximum Gasteiger partial charge on any atom is 0.203 e. The molecule has 0 spiro atoms. The SMILES string of the molecule is c1cn2cnnc2c(N2CCN([C@H]3C[C@H]4CC[C@H]3C4)CC2)n1. The topological polar surface area (TPSA) is 49.6 Å². The molecule has 116 valence electrons. The van der Waals surface area contributed by atoms with Crippen LogP contribution >= 0.6 is 0 Å². The Labute approximate surface area is 130 Å². The summed E-state index contributed by atoms with van der Waals surface area (Å²) in [7, 11) is 0. The minimum absolute atomic E-state index is 0.859. The Hall–Kier alpha value is -1.69. The van der Waals surface area contributed by atoms with Crippen molar-refractivity contribution in [3.8, 4) is 0 Å². The second-order valence-electron chi connectivity index (χ2n) is 7.08. The van der Waals surface area contributed by atoms with Crippen LogP contribution in [0, 0.1) is 11.8 Å². The summed E-state index contributed by atoms with van der Waals surface area (Å²) in [6.45, 7) is 4.41. The number of hydrogen-bond acceptors (Lipinski definition) is 5. The van der Waals surface area contributed by atoms with Gasteiger partial charge in [0.05, 0.1) is 0 Å². The summed E-state index contributed by atoms with van der Waals surface area (Å²) in [4.78, 5) is 9.66. The summed E-state index contributed by atoms with van der Waals surface area (Å²) in [6.07, 6.45) is 11.4. The fourth-order valence-corrected chi connectivity index (χ4v) is 4.89. The molecule has 2 saturated carbocycles. The van der Waals surface area contributed by atoms with Gasteiger partial charge in [-0.1, -0.05) is 6.42 Å². The Bertz CT molecular complexity index is 674. The van der Waals surface area contributed by atoms with Crippen molar-refractivity contribution in [3.05, 3.63) is 18.7 Å². The molecule has 0 unspecified atom stereocenters. The van der Waals surface area contributed by atoms with Crippen molar-refractivity contribution in [2.24, 2.45) is 11.8 Å². The Morgan fingerprint density at radius 1 is 1.05 bits per heavy atom. The van der Waals surface area contributed by atoms with Crippen LogP contribution in [0.5, 0.6) is 0 Å². The molecule has 0 radical (unpaired) electrons. The summed E-state index contributed by atoms with van der Waals surface area (Å²) in [6, 6.07) is 0.859. The Balaban J connectivity index is 1.31. The normalized spacial score (nSPS) is 32.2. The second-order valence-corrected chi connectivity index (χ2v) is 7.08. The van der Waals surface area contributed by atoms with Crippen molar-refractivity contribution in [2.45, 2.75) is 31.7 Å². The van der Waals surface area contributed by atoms with E-state index in [1.54, 1.807) is 6.33 Å². The first-order valence-electron chi connectivity index (χ1n) is 8.52. The number of anilines is 1. The molecule has 5 rings (SSSR count). The van der Waals surface area contributed by atoms with Crippen LogP contribution in [0.4, 0.5) is 5.82 Å². The lowest BCUT2D eigenvalue weighted by molar-refractivity contribution is 0.135. The highest BCUT2D eigenvalue weighted by Gasteiger charge is 2.42. The molecule has 2 aliphatic carbocycles. The molecular weight excluding hydrogens is 276 g/mol. The molecule has 2 bridgehead atoms. The number of aromatic nitrogens is 4. The van der Waals surface area contributed by atoms with Gasteiger partial charge in [-0.3, -0.25) is 9.30 Å². The van der Waals surface area contributed by atoms with E-state index in [-0.39, 0.29) is 0 Å². The zero-order valence-electron chi connectivity index (χ0n) is 12.8. The van der Waals surface area contributed by atoms with E-state index in [4.69, 9.17) is 0 Å². The van der Waals surface area contributed by atoms with Crippen LogP contribution < -0.4 is 4.90 Å². The molecule has 22 heavy (non-hydrogen) atoms. The largest absolute Gasteiger partial charge is 0.351 e. The summed E-state index contributed by atoms with van der Waals surface area (Å²) in [5, 5.41) is 8.21. The minimum Gasteiger partial charge on any atom is -0.351 e. The van der Waals surface area contributed by atoms with Crippen LogP contribution in [-0.2, 0) is 0 Å². The van der Waals surface area contributed by atoms with Crippen molar-refractivity contribution in [1.29, 1.82) is 0 Å². The van der Waals surface area contributed by atoms with E-state index >= 15 is 0 Å². The number of rotatable bonds is 2. The molecule has 2 aromatic rings. The molecule has 0 N–H and O–H groups in total. The van der Waals surface area contributed by atoms with Gasteiger partial charge in [-0.2, -0.15) is 0 Å². The molecule has 3 heterocycles. The quantitative estimate of drug-likeness (QED) is 0.839. The predicted molar refractivity (Wildman–Crippen MR) is 83.8 cm³/mol. The van der Waals surface area contributed by atoms with Crippen LogP contribution in [0.2, 0.25) is 0 Å². The second kappa shape index (κ2) is 4.91. The first-order valence-corrected chi connectivity index (χ1v) is 8.52. The zero-order chi connectivity index (χ0) is 14.5. The highest BCUT2D eigenvalue weighted by Crippen LogP contribution is 2.46. The lowest BCUT2D eigenvalue weighted by Crippen LogP contribution is -2.52. The Morgan fingerprint density at radius 2 is 1.95 bits per heavy atom. The van der Waals surface area contributed by atoms with E-state index in [0.717, 1.165) is 55.5 Å². The fourth-order valence-electron chi connectivity index (χ4n) is 4.89. The maximum absolute atomic E-state index is 4.55. The number of hydrogen-bond donors (Lipinski definition) is 0. The summed E-state index contributed by atoms with van der Waals surface area (Å²) in [5.41, 5.74) is 0.871. The van der Waals surface area contributed by atoms with Gasteiger partial charge < -0.3 is 4.90 Å². The number of fused-ring (bicyclic) bond motifs is 3. The lowest BCUT2D eigenvalue weighted by atomic mass is 9.93. The van der Waals surface area contributed by atoms with Gasteiger partial charge in [0.1, 0.15) is 6.33 Å². The van der Waals surface area contributed by atoms with E-state index < -0.39 is 0 Å². The molecule has 3 fully saturated rings. The van der Waals surface area contributed by atoms with Gasteiger partial charge >= 0.3 is 0 Å². The highest BCUT2D eigenvalue weighted by molar-refractivity contribution is 5.63. The molecular formula is C16H22N6. The third-order valence-electron chi connectivity index (χ3n) is 5.98. The van der Waals surface area contributed by atoms with Crippen LogP contribution in [0.1, 0.15) is 25.7 Å². The first-order chi connectivity index (χ1) is 10.9. The maximum atomic E-state index is 4.55. The highest BCUT2D eigenvalue weighted by atomic mass is 15.3. The number of nitrogens with zero attached hydrogens (tertiary/aromatic N) is 6. The van der Waals surface area contributed by atoms with Gasteiger partial charge in [0.25, 0.3) is 0 Å². The average molecular weight is 298 g/mol. The van der Waals surface area contributed by atoms with E-state index in [0.29, 0.717) is 0 Å². The molecule has 6 heteroatoms. The van der Waals surface area contributed by atoms with Crippen LogP contribution in [0.3, 0.4) is 0 Å². The van der Waals surface area contributed by atoms with Crippen LogP contribution in [0.15, 0.2) is 18.7 Å². The molecule has 6 nitrogen and oxygen atoms in total. The zero-order valence-corrected chi connectivity index (χ0v) is 12.8. The van der Waals surface area contributed by atoms with Gasteiger partial charge in [-0.25, -0.2) is 4.98 Å². The molecule has 2 aromatic heterocycles. The summed E-state index contributed by atoms with van der Waals surface area (Å²) < 4.78 is 1.95. The van der Waals surface area contributed by atoms with Crippen molar-refractivity contribution in [1.82, 2.24) is 24.5 Å². The first kappa shape index (κ1) is 12.8. The molecule has 0 amide bonds. The van der Waals surface area contributed by atoms with Gasteiger partial charge in [-0.05, 0) is 31.1 Å². The molecule has 1 aliphatic heterocycles. The average Bonchev–Trinajstić information content (AvgIpc) is 3.30. The van der Waals surface area contributed by atoms with E-state index in [2.05, 4.69) is 25.0 Å². The van der Waals surface area contributed by atoms with Gasteiger partial charge in [0.2, 0.25) is 5.65 Å². The minimum atomic E-state index is 0.859. The fraction of sp³-hybridized carbons (Fsp3) is 0.688. The van der Waals surface area contributed by atoms with Crippen molar-refractivity contribution in [2.75, 3.05) is 31.1 Å². The van der Waals surface area contributed by atoms with Crippen molar-refractivity contribution < 1.29 is 0 Å². The molecule has 0 aromatic carbocycles. The predicted octanol–water partition coefficient (Wildman–Crippen LogP) is 1.43. The summed E-state index contributed by atoms with van der Waals surface area (Å²) >= 11 is 0. The summed E-state index contributed by atoms with van der Waals surface area (Å²) in [5.74, 6) is 2.99. The third kappa shape index (κ3) is 1.93. The smallest absolute Gasteiger partial charge is 0.203 e. The van der Waals surface area contributed by atoms with Gasteiger partial charge in [0.15, 0.2) is 5.82 Å². The number of piperazine rings is 1. The van der Waals surface area contributed by atoms with Crippen molar-refractivity contribution >= 4 is 11.5 Å². The van der Waals surface area contributed by atoms with Crippen LogP contribution in [0.25, 0.3) is 5.65 Å². The Kier molecular flexibility index (Phi) is 2.86. The molecule has 1 saturated heterocycles. The Morgan fingerprint density at radius 3 is 2.73 bits per heavy atom. The van der Waals surface area contributed by atoms with E-state index in [1.165, 1.54) is 25.7 Å². The van der Waals surface area contributed by atoms with Crippen molar-refractivity contribution in [3.63, 3.8) is 0 Å². The monoisotopic (exact) mass is 298 g/mol. The van der Waals surface area contributed by atoms with E-state index in [1.807, 2.05) is 16.8 Å². The lowest BCUT2D eigenvalue weighted by Gasteiger charge is -2.41. The molecule has 3 atom stereocenters.